The zero-order valence-electron chi connectivity index (χ0n) is 12.2. The van der Waals surface area contributed by atoms with Crippen LogP contribution in [-0.2, 0) is 4.79 Å². The molecule has 1 aromatic rings. The van der Waals surface area contributed by atoms with Gasteiger partial charge in [0.15, 0.2) is 5.11 Å². The summed E-state index contributed by atoms with van der Waals surface area (Å²) in [6.07, 6.45) is 6.79. The lowest BCUT2D eigenvalue weighted by Crippen LogP contribution is -2.34. The first-order valence-electron chi connectivity index (χ1n) is 7.01. The number of aromatic nitrogens is 2. The molecule has 8 N–H and O–H groups in total. The van der Waals surface area contributed by atoms with Crippen LogP contribution in [0.5, 0.6) is 0 Å². The summed E-state index contributed by atoms with van der Waals surface area (Å²) >= 11 is 5.77. The standard InChI is InChI=1S/C6H9N3S.C5H8O2.CH5N3S/c7-6-9-8-5(10-6)4-2-1-3-4;6-5(7)4-2-1-3-4;2-1(5)4-3/h4H,1-3H2,(H2,7,9);4H,1-3H2,(H,6,7);3H2,(H3,2,4,5). The maximum atomic E-state index is 9.98. The molecule has 0 amide bonds. The van der Waals surface area contributed by atoms with Crippen molar-refractivity contribution in [1.29, 1.82) is 0 Å². The van der Waals surface area contributed by atoms with Crippen LogP contribution in [-0.4, -0.2) is 26.4 Å². The Morgan fingerprint density at radius 1 is 1.27 bits per heavy atom. The van der Waals surface area contributed by atoms with Gasteiger partial charge in [0.1, 0.15) is 5.01 Å². The minimum Gasteiger partial charge on any atom is -0.481 e. The molecule has 0 spiro atoms. The largest absolute Gasteiger partial charge is 0.481 e. The highest BCUT2D eigenvalue weighted by Crippen LogP contribution is 2.37. The number of hydrogen-bond donors (Lipinski definition) is 5. The van der Waals surface area contributed by atoms with Gasteiger partial charge in [-0.05, 0) is 37.9 Å². The monoisotopic (exact) mass is 346 g/mol. The summed E-state index contributed by atoms with van der Waals surface area (Å²) in [6, 6.07) is 0. The molecule has 2 aliphatic rings. The van der Waals surface area contributed by atoms with Gasteiger partial charge >= 0.3 is 5.97 Å². The Labute approximate surface area is 138 Å². The summed E-state index contributed by atoms with van der Waals surface area (Å²) in [5.74, 6) is 4.71. The molecule has 1 aromatic heterocycles. The van der Waals surface area contributed by atoms with Crippen molar-refractivity contribution in [2.24, 2.45) is 17.5 Å². The second kappa shape index (κ2) is 9.49. The van der Waals surface area contributed by atoms with Crippen molar-refractivity contribution in [3.63, 3.8) is 0 Å². The Bertz CT molecular complexity index is 488. The van der Waals surface area contributed by atoms with Crippen molar-refractivity contribution in [1.82, 2.24) is 15.6 Å². The number of hydrazine groups is 1. The van der Waals surface area contributed by atoms with Gasteiger partial charge in [0.2, 0.25) is 5.13 Å². The Hall–Kier alpha value is -1.52. The van der Waals surface area contributed by atoms with Crippen LogP contribution in [0.4, 0.5) is 5.13 Å². The molecule has 10 heteroatoms. The number of aliphatic carboxylic acids is 1. The number of nitrogens with one attached hydrogen (secondary N) is 1. The van der Waals surface area contributed by atoms with E-state index in [1.165, 1.54) is 30.6 Å². The third-order valence-electron chi connectivity index (χ3n) is 3.51. The molecule has 2 saturated carbocycles. The van der Waals surface area contributed by atoms with E-state index < -0.39 is 5.97 Å². The second-order valence-electron chi connectivity index (χ2n) is 5.08. The molecule has 0 bridgehead atoms. The quantitative estimate of drug-likeness (QED) is 0.299. The van der Waals surface area contributed by atoms with E-state index in [4.69, 9.17) is 16.6 Å². The molecule has 0 atom stereocenters. The van der Waals surface area contributed by atoms with E-state index >= 15 is 0 Å². The number of carbonyl (C=O) groups is 1. The van der Waals surface area contributed by atoms with E-state index in [1.807, 2.05) is 5.43 Å². The number of hydrogen-bond acceptors (Lipinski definition) is 7. The predicted molar refractivity (Wildman–Crippen MR) is 90.0 cm³/mol. The lowest BCUT2D eigenvalue weighted by molar-refractivity contribution is -0.144. The maximum Gasteiger partial charge on any atom is 0.306 e. The topological polar surface area (TPSA) is 153 Å². The van der Waals surface area contributed by atoms with Gasteiger partial charge in [0, 0.05) is 5.92 Å². The number of anilines is 1. The molecule has 3 rings (SSSR count). The third kappa shape index (κ3) is 6.50. The maximum absolute atomic E-state index is 9.98. The smallest absolute Gasteiger partial charge is 0.306 e. The van der Waals surface area contributed by atoms with Gasteiger partial charge in [-0.1, -0.05) is 24.2 Å². The van der Waals surface area contributed by atoms with Crippen LogP contribution in [0.25, 0.3) is 0 Å². The summed E-state index contributed by atoms with van der Waals surface area (Å²) in [5.41, 5.74) is 12.3. The fourth-order valence-electron chi connectivity index (χ4n) is 1.72. The molecule has 0 saturated heterocycles. The van der Waals surface area contributed by atoms with Crippen molar-refractivity contribution in [2.45, 2.75) is 44.4 Å². The average molecular weight is 346 g/mol. The molecule has 0 unspecified atom stereocenters. The summed E-state index contributed by atoms with van der Waals surface area (Å²) in [4.78, 5) is 9.98. The van der Waals surface area contributed by atoms with Crippen molar-refractivity contribution >= 4 is 39.8 Å². The van der Waals surface area contributed by atoms with E-state index in [1.54, 1.807) is 0 Å². The number of carboxylic acid groups (broad SMARTS) is 1. The summed E-state index contributed by atoms with van der Waals surface area (Å²) < 4.78 is 0. The number of carboxylic acids is 1. The van der Waals surface area contributed by atoms with Crippen LogP contribution in [0.2, 0.25) is 0 Å². The van der Waals surface area contributed by atoms with E-state index in [0.717, 1.165) is 24.3 Å². The van der Waals surface area contributed by atoms with Crippen LogP contribution in [0, 0.1) is 5.92 Å². The molecule has 22 heavy (non-hydrogen) atoms. The van der Waals surface area contributed by atoms with Gasteiger partial charge in [-0.3, -0.25) is 4.79 Å². The number of nitrogens with zero attached hydrogens (tertiary/aromatic N) is 2. The molecule has 8 nitrogen and oxygen atoms in total. The van der Waals surface area contributed by atoms with E-state index in [-0.39, 0.29) is 11.0 Å². The molecule has 124 valence electrons. The SMILES string of the molecule is NNC(N)=S.Nc1nnc(C2CCC2)s1.O=C(O)C1CCC1. The van der Waals surface area contributed by atoms with Crippen molar-refractivity contribution in [3.8, 4) is 0 Å². The molecule has 0 radical (unpaired) electrons. The van der Waals surface area contributed by atoms with Gasteiger partial charge in [0.25, 0.3) is 0 Å². The van der Waals surface area contributed by atoms with E-state index in [2.05, 4.69) is 28.3 Å². The molecule has 2 fully saturated rings. The van der Waals surface area contributed by atoms with Crippen LogP contribution in [0.3, 0.4) is 0 Å². The highest BCUT2D eigenvalue weighted by Gasteiger charge is 2.24. The molecule has 1 heterocycles. The van der Waals surface area contributed by atoms with Crippen molar-refractivity contribution in [2.75, 3.05) is 5.73 Å². The zero-order valence-corrected chi connectivity index (χ0v) is 13.8. The Balaban J connectivity index is 0.000000178. The normalized spacial score (nSPS) is 16.8. The van der Waals surface area contributed by atoms with Crippen LogP contribution < -0.4 is 22.7 Å². The molecule has 0 aromatic carbocycles. The van der Waals surface area contributed by atoms with E-state index in [9.17, 15) is 4.79 Å². The first-order valence-corrected chi connectivity index (χ1v) is 8.24. The van der Waals surface area contributed by atoms with Crippen molar-refractivity contribution < 1.29 is 9.90 Å². The lowest BCUT2D eigenvalue weighted by atomic mass is 9.86. The van der Waals surface area contributed by atoms with Crippen LogP contribution in [0.1, 0.15) is 49.5 Å². The summed E-state index contributed by atoms with van der Waals surface area (Å²) in [6.45, 7) is 0. The Morgan fingerprint density at radius 2 is 1.82 bits per heavy atom. The third-order valence-corrected chi connectivity index (χ3v) is 4.54. The number of nitrogens with two attached hydrogens (primary N) is 3. The minimum atomic E-state index is -0.619. The fraction of sp³-hybridized carbons (Fsp3) is 0.667. The summed E-state index contributed by atoms with van der Waals surface area (Å²) in [5, 5.41) is 17.8. The minimum absolute atomic E-state index is 0.000000000000000444. The second-order valence-corrected chi connectivity index (χ2v) is 6.56. The molecule has 2 aliphatic carbocycles. The van der Waals surface area contributed by atoms with Gasteiger partial charge in [-0.2, -0.15) is 0 Å². The molecular weight excluding hydrogens is 324 g/mol. The van der Waals surface area contributed by atoms with Gasteiger partial charge < -0.3 is 22.0 Å². The molecular formula is C12H22N6O2S2. The zero-order chi connectivity index (χ0) is 16.5. The summed E-state index contributed by atoms with van der Waals surface area (Å²) in [7, 11) is 0. The van der Waals surface area contributed by atoms with Crippen molar-refractivity contribution in [3.05, 3.63) is 5.01 Å². The highest BCUT2D eigenvalue weighted by atomic mass is 32.1. The number of nitrogen functional groups attached to an aromatic ring is 1. The van der Waals surface area contributed by atoms with Gasteiger partial charge in [-0.15, -0.1) is 10.2 Å². The van der Waals surface area contributed by atoms with E-state index in [0.29, 0.717) is 11.0 Å². The first-order chi connectivity index (χ1) is 10.4. The lowest BCUT2D eigenvalue weighted by Gasteiger charge is -2.21. The molecule has 0 aliphatic heterocycles. The predicted octanol–water partition coefficient (Wildman–Crippen LogP) is 0.952. The average Bonchev–Trinajstić information content (AvgIpc) is 2.72. The highest BCUT2D eigenvalue weighted by molar-refractivity contribution is 7.80. The fourth-order valence-corrected chi connectivity index (χ4v) is 2.50. The van der Waals surface area contributed by atoms with Gasteiger partial charge in [-0.25, -0.2) is 5.84 Å². The Kier molecular flexibility index (Phi) is 7.99. The Morgan fingerprint density at radius 3 is 2.00 bits per heavy atom. The number of rotatable bonds is 2. The van der Waals surface area contributed by atoms with Crippen LogP contribution >= 0.6 is 23.6 Å². The number of thiocarbonyl (C=S) groups is 1. The van der Waals surface area contributed by atoms with Crippen LogP contribution in [0.15, 0.2) is 0 Å². The van der Waals surface area contributed by atoms with Gasteiger partial charge in [0.05, 0.1) is 5.92 Å². The first kappa shape index (κ1) is 18.5.